The highest BCUT2D eigenvalue weighted by Gasteiger charge is 2.30. The zero-order chi connectivity index (χ0) is 28.1. The molecule has 3 aromatic rings. The summed E-state index contributed by atoms with van der Waals surface area (Å²) in [5.41, 5.74) is 3.29. The van der Waals surface area contributed by atoms with Crippen molar-refractivity contribution in [1.29, 1.82) is 0 Å². The van der Waals surface area contributed by atoms with Gasteiger partial charge in [-0.25, -0.2) is 0 Å². The Bertz CT molecular complexity index is 1400. The molecule has 40 heavy (non-hydrogen) atoms. The van der Waals surface area contributed by atoms with E-state index < -0.39 is 16.9 Å². The molecule has 0 bridgehead atoms. The third-order valence-electron chi connectivity index (χ3n) is 8.23. The normalized spacial score (nSPS) is 17.9. The first-order valence-corrected chi connectivity index (χ1v) is 14.2. The lowest BCUT2D eigenvalue weighted by atomic mass is 9.84. The molecule has 208 valence electrons. The molecule has 0 spiro atoms. The van der Waals surface area contributed by atoms with Crippen LogP contribution in [-0.4, -0.2) is 27.9 Å². The molecular formula is C32H35N3O5. The van der Waals surface area contributed by atoms with Gasteiger partial charge in [-0.05, 0) is 66.5 Å². The predicted octanol–water partition coefficient (Wildman–Crippen LogP) is 6.23. The molecule has 1 unspecified atom stereocenters. The predicted molar refractivity (Wildman–Crippen MR) is 153 cm³/mol. The Morgan fingerprint density at radius 1 is 0.950 bits per heavy atom. The Labute approximate surface area is 234 Å². The molecule has 2 atom stereocenters. The van der Waals surface area contributed by atoms with Gasteiger partial charge in [-0.15, -0.1) is 0 Å². The molecule has 2 aliphatic rings. The van der Waals surface area contributed by atoms with E-state index in [4.69, 9.17) is 0 Å². The smallest absolute Gasteiger partial charge is 0.270 e. The van der Waals surface area contributed by atoms with Crippen LogP contribution in [-0.2, 0) is 11.2 Å². The van der Waals surface area contributed by atoms with Gasteiger partial charge in [0.1, 0.15) is 11.8 Å². The van der Waals surface area contributed by atoms with Crippen molar-refractivity contribution in [2.45, 2.75) is 69.9 Å². The van der Waals surface area contributed by atoms with E-state index in [1.165, 1.54) is 48.4 Å². The topological polar surface area (TPSA) is 122 Å². The molecule has 0 saturated heterocycles. The molecular weight excluding hydrogens is 506 g/mol. The minimum Gasteiger partial charge on any atom is -0.507 e. The number of hydrogen-bond donors (Lipinski definition) is 3. The second-order valence-electron chi connectivity index (χ2n) is 11.0. The first kappa shape index (κ1) is 27.4. The zero-order valence-electron chi connectivity index (χ0n) is 22.5. The Hall–Kier alpha value is -4.20. The van der Waals surface area contributed by atoms with Crippen molar-refractivity contribution in [2.75, 3.05) is 0 Å². The van der Waals surface area contributed by atoms with Crippen molar-refractivity contribution in [3.05, 3.63) is 93.5 Å². The molecule has 8 nitrogen and oxygen atoms in total. The average molecular weight is 542 g/mol. The van der Waals surface area contributed by atoms with Gasteiger partial charge in [0.25, 0.3) is 11.6 Å². The largest absolute Gasteiger partial charge is 0.507 e. The second-order valence-corrected chi connectivity index (χ2v) is 11.0. The molecule has 5 rings (SSSR count). The number of aryl methyl sites for hydroxylation is 1. The number of nitrogens with one attached hydrogen (secondary N) is 2. The molecule has 0 aromatic heterocycles. The summed E-state index contributed by atoms with van der Waals surface area (Å²) in [6.45, 7) is 0. The lowest BCUT2D eigenvalue weighted by molar-refractivity contribution is -0.384. The number of nitro groups is 1. The number of phenolic OH excluding ortho intramolecular Hbond substituents is 1. The van der Waals surface area contributed by atoms with E-state index in [-0.39, 0.29) is 28.9 Å². The van der Waals surface area contributed by atoms with Crippen molar-refractivity contribution >= 4 is 17.5 Å². The summed E-state index contributed by atoms with van der Waals surface area (Å²) in [5, 5.41) is 27.9. The summed E-state index contributed by atoms with van der Waals surface area (Å²) in [5.74, 6) is -0.335. The number of hydrogen-bond acceptors (Lipinski definition) is 5. The highest BCUT2D eigenvalue weighted by molar-refractivity contribution is 5.99. The fourth-order valence-electron chi connectivity index (χ4n) is 6.10. The van der Waals surface area contributed by atoms with Crippen LogP contribution in [0.4, 0.5) is 5.69 Å². The van der Waals surface area contributed by atoms with Gasteiger partial charge in [0.05, 0.1) is 11.0 Å². The number of non-ortho nitro benzene ring substituents is 1. The van der Waals surface area contributed by atoms with Crippen molar-refractivity contribution in [1.82, 2.24) is 10.6 Å². The summed E-state index contributed by atoms with van der Waals surface area (Å²) in [6.07, 6.45) is 8.98. The van der Waals surface area contributed by atoms with Gasteiger partial charge in [-0.3, -0.25) is 19.7 Å². The molecule has 0 radical (unpaired) electrons. The lowest BCUT2D eigenvalue weighted by Gasteiger charge is -2.30. The summed E-state index contributed by atoms with van der Waals surface area (Å²) < 4.78 is 0. The maximum absolute atomic E-state index is 13.7. The molecule has 1 saturated carbocycles. The first-order valence-electron chi connectivity index (χ1n) is 14.2. The first-order chi connectivity index (χ1) is 19.4. The van der Waals surface area contributed by atoms with Crippen LogP contribution in [0.15, 0.2) is 66.7 Å². The van der Waals surface area contributed by atoms with E-state index in [0.717, 1.165) is 50.5 Å². The minimum absolute atomic E-state index is 0.0858. The third-order valence-corrected chi connectivity index (χ3v) is 8.23. The SMILES string of the molecule is O=C(N[C@H](CC1CCCCC1)C(=O)NC1CCCc2ccccc21)c1ccc(O)c(-c2cccc([N+](=O)[O-])c2)c1. The molecule has 1 fully saturated rings. The average Bonchev–Trinajstić information content (AvgIpc) is 2.97. The molecule has 3 aromatic carbocycles. The maximum Gasteiger partial charge on any atom is 0.270 e. The number of amides is 2. The summed E-state index contributed by atoms with van der Waals surface area (Å²) in [4.78, 5) is 37.9. The van der Waals surface area contributed by atoms with Crippen LogP contribution in [0.1, 0.15) is 78.9 Å². The van der Waals surface area contributed by atoms with Crippen molar-refractivity contribution in [3.8, 4) is 16.9 Å². The number of carbonyl (C=O) groups excluding carboxylic acids is 2. The Morgan fingerprint density at radius 3 is 2.55 bits per heavy atom. The monoisotopic (exact) mass is 541 g/mol. The number of phenols is 1. The van der Waals surface area contributed by atoms with Crippen LogP contribution in [0.2, 0.25) is 0 Å². The van der Waals surface area contributed by atoms with Gasteiger partial charge < -0.3 is 15.7 Å². The van der Waals surface area contributed by atoms with Gasteiger partial charge in [-0.2, -0.15) is 0 Å². The molecule has 2 aliphatic carbocycles. The number of nitro benzene ring substituents is 1. The zero-order valence-corrected chi connectivity index (χ0v) is 22.5. The number of benzene rings is 3. The Kier molecular flexibility index (Phi) is 8.43. The minimum atomic E-state index is -0.695. The van der Waals surface area contributed by atoms with E-state index in [1.807, 2.05) is 12.1 Å². The molecule has 8 heteroatoms. The van der Waals surface area contributed by atoms with E-state index in [1.54, 1.807) is 6.07 Å². The van der Waals surface area contributed by atoms with Crippen molar-refractivity contribution in [3.63, 3.8) is 0 Å². The van der Waals surface area contributed by atoms with Crippen LogP contribution in [0.3, 0.4) is 0 Å². The van der Waals surface area contributed by atoms with Crippen LogP contribution in [0.25, 0.3) is 11.1 Å². The molecule has 2 amide bonds. The molecule has 0 aliphatic heterocycles. The number of carbonyl (C=O) groups is 2. The lowest BCUT2D eigenvalue weighted by Crippen LogP contribution is -2.49. The highest BCUT2D eigenvalue weighted by atomic mass is 16.6. The highest BCUT2D eigenvalue weighted by Crippen LogP contribution is 2.33. The van der Waals surface area contributed by atoms with Crippen LogP contribution in [0, 0.1) is 16.0 Å². The van der Waals surface area contributed by atoms with Gasteiger partial charge in [-0.1, -0.05) is 68.5 Å². The van der Waals surface area contributed by atoms with Gasteiger partial charge >= 0.3 is 0 Å². The third kappa shape index (κ3) is 6.33. The maximum atomic E-state index is 13.7. The van der Waals surface area contributed by atoms with E-state index in [2.05, 4.69) is 22.8 Å². The number of aromatic hydroxyl groups is 1. The quantitative estimate of drug-likeness (QED) is 0.231. The Morgan fingerprint density at radius 2 is 1.75 bits per heavy atom. The molecule has 3 N–H and O–H groups in total. The van der Waals surface area contributed by atoms with Crippen LogP contribution >= 0.6 is 0 Å². The molecule has 0 heterocycles. The Balaban J connectivity index is 1.37. The number of nitrogens with zero attached hydrogens (tertiary/aromatic N) is 1. The van der Waals surface area contributed by atoms with E-state index in [0.29, 0.717) is 23.5 Å². The number of fused-ring (bicyclic) bond motifs is 1. The number of rotatable bonds is 8. The van der Waals surface area contributed by atoms with E-state index >= 15 is 0 Å². The summed E-state index contributed by atoms with van der Waals surface area (Å²) >= 11 is 0. The van der Waals surface area contributed by atoms with Crippen LogP contribution in [0.5, 0.6) is 5.75 Å². The fraction of sp³-hybridized carbons (Fsp3) is 0.375. The van der Waals surface area contributed by atoms with Crippen molar-refractivity contribution < 1.29 is 19.6 Å². The second kappa shape index (κ2) is 12.3. The van der Waals surface area contributed by atoms with Gasteiger partial charge in [0, 0.05) is 23.3 Å². The van der Waals surface area contributed by atoms with E-state index in [9.17, 15) is 24.8 Å². The van der Waals surface area contributed by atoms with Crippen molar-refractivity contribution in [2.24, 2.45) is 5.92 Å². The van der Waals surface area contributed by atoms with Crippen LogP contribution < -0.4 is 10.6 Å². The summed E-state index contributed by atoms with van der Waals surface area (Å²) in [7, 11) is 0. The fourth-order valence-corrected chi connectivity index (χ4v) is 6.10. The van der Waals surface area contributed by atoms with Gasteiger partial charge in [0.15, 0.2) is 0 Å². The van der Waals surface area contributed by atoms with Gasteiger partial charge in [0.2, 0.25) is 5.91 Å². The summed E-state index contributed by atoms with van der Waals surface area (Å²) in [6, 6.07) is 17.7. The standard InChI is InChI=1S/C32H35N3O5/c36-30-17-16-24(20-27(30)23-12-6-13-25(19-23)35(39)40)31(37)34-29(18-21-8-2-1-3-9-21)32(38)33-28-15-7-11-22-10-4-5-14-26(22)28/h4-6,10,12-14,16-17,19-21,28-29,36H,1-3,7-9,11,15,18H2,(H,33,38)(H,34,37)/t28?,29-/m1/s1.